The molecule has 6 nitrogen and oxygen atoms in total. The summed E-state index contributed by atoms with van der Waals surface area (Å²) in [6.07, 6.45) is 4.89. The Balaban J connectivity index is 1.84. The lowest BCUT2D eigenvalue weighted by molar-refractivity contribution is 0.302. The molecule has 3 rings (SSSR count). The van der Waals surface area contributed by atoms with E-state index in [0.717, 1.165) is 62.7 Å². The molecule has 1 fully saturated rings. The molecule has 0 amide bonds. The molecule has 0 atom stereocenters. The van der Waals surface area contributed by atoms with Crippen LogP contribution >= 0.6 is 0 Å². The van der Waals surface area contributed by atoms with Crippen LogP contribution in [-0.2, 0) is 0 Å². The molecule has 0 bridgehead atoms. The first-order valence-electron chi connectivity index (χ1n) is 7.26. The van der Waals surface area contributed by atoms with Crippen LogP contribution in [0.25, 0.3) is 5.52 Å². The lowest BCUT2D eigenvalue weighted by Gasteiger charge is -2.22. The lowest BCUT2D eigenvalue weighted by atomic mass is 10.3. The zero-order valence-corrected chi connectivity index (χ0v) is 12.0. The van der Waals surface area contributed by atoms with Gasteiger partial charge in [-0.25, -0.2) is 9.50 Å². The Morgan fingerprint density at radius 3 is 3.00 bits per heavy atom. The SMILES string of the molecule is Cc1cc2c(N3CCCN(CCN)CC3)nccn2n1. The molecule has 6 heteroatoms. The molecule has 1 aliphatic rings. The van der Waals surface area contributed by atoms with Crippen LogP contribution < -0.4 is 10.6 Å². The van der Waals surface area contributed by atoms with Crippen molar-refractivity contribution in [3.8, 4) is 0 Å². The van der Waals surface area contributed by atoms with E-state index in [-0.39, 0.29) is 0 Å². The van der Waals surface area contributed by atoms with Crippen molar-refractivity contribution in [2.45, 2.75) is 13.3 Å². The smallest absolute Gasteiger partial charge is 0.154 e. The molecule has 108 valence electrons. The maximum Gasteiger partial charge on any atom is 0.154 e. The highest BCUT2D eigenvalue weighted by Gasteiger charge is 2.18. The Bertz CT molecular complexity index is 578. The van der Waals surface area contributed by atoms with Crippen LogP contribution in [-0.4, -0.2) is 58.8 Å². The highest BCUT2D eigenvalue weighted by molar-refractivity contribution is 5.69. The van der Waals surface area contributed by atoms with Crippen LogP contribution in [0, 0.1) is 6.92 Å². The number of fused-ring (bicyclic) bond motifs is 1. The number of nitrogens with two attached hydrogens (primary N) is 1. The molecule has 0 unspecified atom stereocenters. The maximum absolute atomic E-state index is 5.65. The summed E-state index contributed by atoms with van der Waals surface area (Å²) in [5.74, 6) is 1.04. The normalized spacial score (nSPS) is 17.6. The number of aryl methyl sites for hydroxylation is 1. The number of anilines is 1. The molecule has 2 N–H and O–H groups in total. The van der Waals surface area contributed by atoms with E-state index in [9.17, 15) is 0 Å². The van der Waals surface area contributed by atoms with Gasteiger partial charge in [0.1, 0.15) is 5.52 Å². The van der Waals surface area contributed by atoms with Gasteiger partial charge in [0.15, 0.2) is 5.82 Å². The van der Waals surface area contributed by atoms with Crippen molar-refractivity contribution in [2.24, 2.45) is 5.73 Å². The summed E-state index contributed by atoms with van der Waals surface area (Å²) >= 11 is 0. The Labute approximate surface area is 119 Å². The summed E-state index contributed by atoms with van der Waals surface area (Å²) < 4.78 is 1.92. The van der Waals surface area contributed by atoms with Crippen molar-refractivity contribution >= 4 is 11.3 Å². The van der Waals surface area contributed by atoms with E-state index in [4.69, 9.17) is 5.73 Å². The predicted octanol–water partition coefficient (Wildman–Crippen LogP) is 0.509. The monoisotopic (exact) mass is 274 g/mol. The molecule has 0 aliphatic carbocycles. The number of nitrogens with zero attached hydrogens (tertiary/aromatic N) is 5. The molecule has 0 spiro atoms. The average molecular weight is 274 g/mol. The van der Waals surface area contributed by atoms with E-state index in [0.29, 0.717) is 0 Å². The molecule has 1 saturated heterocycles. The van der Waals surface area contributed by atoms with Gasteiger partial charge in [0.25, 0.3) is 0 Å². The highest BCUT2D eigenvalue weighted by atomic mass is 15.3. The van der Waals surface area contributed by atoms with Gasteiger partial charge in [-0.15, -0.1) is 0 Å². The van der Waals surface area contributed by atoms with E-state index in [1.165, 1.54) is 0 Å². The standard InChI is InChI=1S/C14H22N6/c1-12-11-13-14(16-4-8-20(13)17-12)19-6-2-5-18(7-3-15)9-10-19/h4,8,11H,2-3,5-7,9-10,15H2,1H3. The number of rotatable bonds is 3. The van der Waals surface area contributed by atoms with Crippen molar-refractivity contribution < 1.29 is 0 Å². The summed E-state index contributed by atoms with van der Waals surface area (Å²) in [6.45, 7) is 7.94. The van der Waals surface area contributed by atoms with Crippen LogP contribution in [0.3, 0.4) is 0 Å². The summed E-state index contributed by atoms with van der Waals surface area (Å²) in [6, 6.07) is 2.10. The third-order valence-electron chi connectivity index (χ3n) is 3.83. The quantitative estimate of drug-likeness (QED) is 0.883. The molecule has 3 heterocycles. The van der Waals surface area contributed by atoms with Gasteiger partial charge in [0.05, 0.1) is 5.69 Å². The summed E-state index contributed by atoms with van der Waals surface area (Å²) in [7, 11) is 0. The second-order valence-corrected chi connectivity index (χ2v) is 5.34. The first kappa shape index (κ1) is 13.3. The number of aromatic nitrogens is 3. The van der Waals surface area contributed by atoms with Crippen molar-refractivity contribution in [3.63, 3.8) is 0 Å². The second-order valence-electron chi connectivity index (χ2n) is 5.34. The third kappa shape index (κ3) is 2.62. The fourth-order valence-electron chi connectivity index (χ4n) is 2.86. The van der Waals surface area contributed by atoms with E-state index in [1.807, 2.05) is 23.8 Å². The molecular weight excluding hydrogens is 252 g/mol. The first-order valence-corrected chi connectivity index (χ1v) is 7.26. The second kappa shape index (κ2) is 5.76. The minimum absolute atomic E-state index is 0.732. The van der Waals surface area contributed by atoms with Gasteiger partial charge in [-0.2, -0.15) is 5.10 Å². The fourth-order valence-corrected chi connectivity index (χ4v) is 2.86. The summed E-state index contributed by atoms with van der Waals surface area (Å²) in [4.78, 5) is 9.38. The molecule has 20 heavy (non-hydrogen) atoms. The zero-order valence-electron chi connectivity index (χ0n) is 12.0. The Kier molecular flexibility index (Phi) is 3.84. The van der Waals surface area contributed by atoms with Crippen molar-refractivity contribution in [1.82, 2.24) is 19.5 Å². The van der Waals surface area contributed by atoms with Crippen LogP contribution in [0.1, 0.15) is 12.1 Å². The van der Waals surface area contributed by atoms with Gasteiger partial charge in [0.2, 0.25) is 0 Å². The third-order valence-corrected chi connectivity index (χ3v) is 3.83. The fraction of sp³-hybridized carbons (Fsp3) is 0.571. The summed E-state index contributed by atoms with van der Waals surface area (Å²) in [5, 5.41) is 4.46. The minimum atomic E-state index is 0.732. The Morgan fingerprint density at radius 1 is 1.25 bits per heavy atom. The molecule has 0 saturated carbocycles. The van der Waals surface area contributed by atoms with E-state index in [1.54, 1.807) is 0 Å². The Hall–Kier alpha value is -1.66. The van der Waals surface area contributed by atoms with Crippen LogP contribution in [0.2, 0.25) is 0 Å². The zero-order chi connectivity index (χ0) is 13.9. The number of hydrogen-bond acceptors (Lipinski definition) is 5. The van der Waals surface area contributed by atoms with E-state index >= 15 is 0 Å². The topological polar surface area (TPSA) is 62.7 Å². The van der Waals surface area contributed by atoms with Crippen molar-refractivity contribution in [3.05, 3.63) is 24.2 Å². The number of hydrogen-bond donors (Lipinski definition) is 1. The molecule has 2 aromatic heterocycles. The largest absolute Gasteiger partial charge is 0.353 e. The minimum Gasteiger partial charge on any atom is -0.353 e. The Morgan fingerprint density at radius 2 is 2.15 bits per heavy atom. The maximum atomic E-state index is 5.65. The first-order chi connectivity index (χ1) is 9.78. The van der Waals surface area contributed by atoms with E-state index in [2.05, 4.69) is 25.9 Å². The highest BCUT2D eigenvalue weighted by Crippen LogP contribution is 2.20. The van der Waals surface area contributed by atoms with Crippen molar-refractivity contribution in [1.29, 1.82) is 0 Å². The van der Waals surface area contributed by atoms with Crippen LogP contribution in [0.5, 0.6) is 0 Å². The average Bonchev–Trinajstić information content (AvgIpc) is 2.67. The molecule has 0 radical (unpaired) electrons. The molecular formula is C14H22N6. The van der Waals surface area contributed by atoms with Gasteiger partial charge < -0.3 is 15.5 Å². The van der Waals surface area contributed by atoms with Crippen LogP contribution in [0.4, 0.5) is 5.82 Å². The van der Waals surface area contributed by atoms with Gasteiger partial charge in [-0.05, 0) is 26.0 Å². The van der Waals surface area contributed by atoms with Gasteiger partial charge >= 0.3 is 0 Å². The predicted molar refractivity (Wildman–Crippen MR) is 80.0 cm³/mol. The molecule has 0 aromatic carbocycles. The summed E-state index contributed by atoms with van der Waals surface area (Å²) in [5.41, 5.74) is 7.78. The van der Waals surface area contributed by atoms with E-state index < -0.39 is 0 Å². The lowest BCUT2D eigenvalue weighted by Crippen LogP contribution is -2.34. The van der Waals surface area contributed by atoms with Crippen LogP contribution in [0.15, 0.2) is 18.5 Å². The molecule has 1 aliphatic heterocycles. The van der Waals surface area contributed by atoms with Gasteiger partial charge in [0, 0.05) is 45.1 Å². The molecule has 2 aromatic rings. The van der Waals surface area contributed by atoms with Crippen molar-refractivity contribution in [2.75, 3.05) is 44.2 Å². The van der Waals surface area contributed by atoms with Gasteiger partial charge in [-0.3, -0.25) is 0 Å². The van der Waals surface area contributed by atoms with Gasteiger partial charge in [-0.1, -0.05) is 0 Å².